The lowest BCUT2D eigenvalue weighted by Gasteiger charge is -2.06. The third-order valence-corrected chi connectivity index (χ3v) is 3.70. The maximum absolute atomic E-state index is 12.1. The quantitative estimate of drug-likeness (QED) is 0.757. The predicted octanol–water partition coefficient (Wildman–Crippen LogP) is 2.90. The average Bonchev–Trinajstić information content (AvgIpc) is 2.87. The number of carbonyl (C=O) groups is 3. The third-order valence-electron chi connectivity index (χ3n) is 3.21. The van der Waals surface area contributed by atoms with Crippen molar-refractivity contribution in [1.82, 2.24) is 10.6 Å². The molecule has 0 aliphatic heterocycles. The predicted molar refractivity (Wildman–Crippen MR) is 90.8 cm³/mol. The third kappa shape index (κ3) is 4.35. The van der Waals surface area contributed by atoms with Crippen molar-refractivity contribution in [3.8, 4) is 0 Å². The van der Waals surface area contributed by atoms with E-state index in [2.05, 4.69) is 26.6 Å². The minimum Gasteiger partial charge on any atom is -0.450 e. The smallest absolute Gasteiger partial charge is 0.375 e. The molecule has 0 aliphatic carbocycles. The first-order valence-electron chi connectivity index (χ1n) is 7.35. The SMILES string of the molecule is CCCNC(=O)NC(=O)COC(=O)c1oc2ccc(Br)cc2c1C. The lowest BCUT2D eigenvalue weighted by atomic mass is 10.1. The highest BCUT2D eigenvalue weighted by Crippen LogP contribution is 2.28. The van der Waals surface area contributed by atoms with Gasteiger partial charge in [0.15, 0.2) is 6.61 Å². The van der Waals surface area contributed by atoms with Gasteiger partial charge in [-0.1, -0.05) is 22.9 Å². The van der Waals surface area contributed by atoms with Crippen LogP contribution in [0.1, 0.15) is 29.5 Å². The molecule has 24 heavy (non-hydrogen) atoms. The summed E-state index contributed by atoms with van der Waals surface area (Å²) in [6.07, 6.45) is 0.748. The highest BCUT2D eigenvalue weighted by molar-refractivity contribution is 9.10. The molecule has 0 saturated heterocycles. The number of imide groups is 1. The van der Waals surface area contributed by atoms with Gasteiger partial charge in [0, 0.05) is 22.0 Å². The van der Waals surface area contributed by atoms with Crippen LogP contribution >= 0.6 is 15.9 Å². The summed E-state index contributed by atoms with van der Waals surface area (Å²) < 4.78 is 11.2. The number of carbonyl (C=O) groups excluding carboxylic acids is 3. The van der Waals surface area contributed by atoms with Gasteiger partial charge < -0.3 is 14.5 Å². The molecule has 1 aromatic heterocycles. The molecule has 0 fully saturated rings. The average molecular weight is 397 g/mol. The Morgan fingerprint density at radius 2 is 2.04 bits per heavy atom. The zero-order chi connectivity index (χ0) is 17.7. The van der Waals surface area contributed by atoms with Crippen LogP contribution in [0.2, 0.25) is 0 Å². The number of aryl methyl sites for hydroxylation is 1. The first-order valence-corrected chi connectivity index (χ1v) is 8.15. The van der Waals surface area contributed by atoms with E-state index in [9.17, 15) is 14.4 Å². The first kappa shape index (κ1) is 18.0. The number of esters is 1. The van der Waals surface area contributed by atoms with Crippen LogP contribution in [-0.4, -0.2) is 31.1 Å². The van der Waals surface area contributed by atoms with E-state index in [0.717, 1.165) is 16.3 Å². The Morgan fingerprint density at radius 3 is 2.75 bits per heavy atom. The number of hydrogen-bond acceptors (Lipinski definition) is 5. The summed E-state index contributed by atoms with van der Waals surface area (Å²) in [6, 6.07) is 4.73. The number of furan rings is 1. The van der Waals surface area contributed by atoms with Crippen LogP contribution in [0.25, 0.3) is 11.0 Å². The highest BCUT2D eigenvalue weighted by atomic mass is 79.9. The van der Waals surface area contributed by atoms with Crippen molar-refractivity contribution in [1.29, 1.82) is 0 Å². The van der Waals surface area contributed by atoms with Gasteiger partial charge in [-0.3, -0.25) is 10.1 Å². The van der Waals surface area contributed by atoms with Gasteiger partial charge in [0.05, 0.1) is 0 Å². The van der Waals surface area contributed by atoms with E-state index in [0.29, 0.717) is 17.7 Å². The minimum atomic E-state index is -0.760. The molecule has 0 saturated carbocycles. The summed E-state index contributed by atoms with van der Waals surface area (Å²) in [6.45, 7) is 3.50. The molecular formula is C16H17BrN2O5. The van der Waals surface area contributed by atoms with Gasteiger partial charge in [0.2, 0.25) is 5.76 Å². The van der Waals surface area contributed by atoms with Gasteiger partial charge in [0.1, 0.15) is 5.58 Å². The first-order chi connectivity index (χ1) is 11.4. The second kappa shape index (κ2) is 7.96. The fourth-order valence-corrected chi connectivity index (χ4v) is 2.39. The molecule has 0 radical (unpaired) electrons. The fraction of sp³-hybridized carbons (Fsp3) is 0.312. The molecular weight excluding hydrogens is 380 g/mol. The molecule has 2 N–H and O–H groups in total. The molecule has 0 bridgehead atoms. The van der Waals surface area contributed by atoms with Gasteiger partial charge in [-0.15, -0.1) is 0 Å². The Labute approximate surface area is 146 Å². The van der Waals surface area contributed by atoms with Crippen LogP contribution in [0.15, 0.2) is 27.1 Å². The Kier molecular flexibility index (Phi) is 5.97. The number of amides is 3. The van der Waals surface area contributed by atoms with Gasteiger partial charge >= 0.3 is 12.0 Å². The molecule has 3 amide bonds. The summed E-state index contributed by atoms with van der Waals surface area (Å²) in [5.74, 6) is -1.44. The largest absolute Gasteiger partial charge is 0.450 e. The van der Waals surface area contributed by atoms with E-state index in [1.807, 2.05) is 13.0 Å². The molecule has 7 nitrogen and oxygen atoms in total. The summed E-state index contributed by atoms with van der Waals surface area (Å²) in [7, 11) is 0. The molecule has 128 valence electrons. The highest BCUT2D eigenvalue weighted by Gasteiger charge is 2.20. The molecule has 2 rings (SSSR count). The maximum atomic E-state index is 12.1. The molecule has 0 spiro atoms. The van der Waals surface area contributed by atoms with Crippen LogP contribution in [0.4, 0.5) is 4.79 Å². The van der Waals surface area contributed by atoms with Crippen molar-refractivity contribution < 1.29 is 23.5 Å². The van der Waals surface area contributed by atoms with E-state index >= 15 is 0 Å². The van der Waals surface area contributed by atoms with Crippen molar-refractivity contribution >= 4 is 44.8 Å². The Balaban J connectivity index is 1.97. The topological polar surface area (TPSA) is 97.6 Å². The molecule has 0 atom stereocenters. The number of halogens is 1. The maximum Gasteiger partial charge on any atom is 0.375 e. The zero-order valence-corrected chi connectivity index (χ0v) is 14.9. The summed E-state index contributed by atoms with van der Waals surface area (Å²) in [4.78, 5) is 35.0. The molecule has 0 aliphatic rings. The van der Waals surface area contributed by atoms with Crippen molar-refractivity contribution in [2.75, 3.05) is 13.2 Å². The number of rotatable bonds is 5. The van der Waals surface area contributed by atoms with E-state index in [1.165, 1.54) is 0 Å². The number of ether oxygens (including phenoxy) is 1. The second-order valence-corrected chi connectivity index (χ2v) is 5.99. The van der Waals surface area contributed by atoms with Gasteiger partial charge in [-0.2, -0.15) is 0 Å². The Hall–Kier alpha value is -2.35. The zero-order valence-electron chi connectivity index (χ0n) is 13.3. The number of hydrogen-bond donors (Lipinski definition) is 2. The van der Waals surface area contributed by atoms with Crippen molar-refractivity contribution in [3.05, 3.63) is 34.0 Å². The number of benzene rings is 1. The second-order valence-electron chi connectivity index (χ2n) is 5.08. The lowest BCUT2D eigenvalue weighted by Crippen LogP contribution is -2.41. The van der Waals surface area contributed by atoms with Crippen LogP contribution in [0.5, 0.6) is 0 Å². The molecule has 1 heterocycles. The molecule has 2 aromatic rings. The van der Waals surface area contributed by atoms with Crippen LogP contribution < -0.4 is 10.6 Å². The Morgan fingerprint density at radius 1 is 1.29 bits per heavy atom. The van der Waals surface area contributed by atoms with Crippen molar-refractivity contribution in [2.24, 2.45) is 0 Å². The van der Waals surface area contributed by atoms with E-state index in [1.54, 1.807) is 19.1 Å². The standard InChI is InChI=1S/C16H17BrN2O5/c1-3-6-18-16(22)19-13(20)8-23-15(21)14-9(2)11-7-10(17)4-5-12(11)24-14/h4-5,7H,3,6,8H2,1-2H3,(H2,18,19,20,22). The molecule has 1 aromatic carbocycles. The molecule has 0 unspecified atom stereocenters. The van der Waals surface area contributed by atoms with Gasteiger partial charge in [-0.25, -0.2) is 9.59 Å². The van der Waals surface area contributed by atoms with Crippen LogP contribution in [-0.2, 0) is 9.53 Å². The van der Waals surface area contributed by atoms with E-state index in [-0.39, 0.29) is 5.76 Å². The fourth-order valence-electron chi connectivity index (χ4n) is 2.03. The van der Waals surface area contributed by atoms with E-state index in [4.69, 9.17) is 9.15 Å². The van der Waals surface area contributed by atoms with E-state index < -0.39 is 24.5 Å². The minimum absolute atomic E-state index is 0.0336. The van der Waals surface area contributed by atoms with Gasteiger partial charge in [-0.05, 0) is 31.5 Å². The summed E-state index contributed by atoms with van der Waals surface area (Å²) in [5.41, 5.74) is 1.17. The summed E-state index contributed by atoms with van der Waals surface area (Å²) >= 11 is 3.35. The van der Waals surface area contributed by atoms with Crippen molar-refractivity contribution in [3.63, 3.8) is 0 Å². The summed E-state index contributed by atoms with van der Waals surface area (Å²) in [5, 5.41) is 5.33. The van der Waals surface area contributed by atoms with Crippen LogP contribution in [0.3, 0.4) is 0 Å². The Bertz CT molecular complexity index is 784. The normalized spacial score (nSPS) is 10.5. The number of urea groups is 1. The lowest BCUT2D eigenvalue weighted by molar-refractivity contribution is -0.123. The number of fused-ring (bicyclic) bond motifs is 1. The van der Waals surface area contributed by atoms with Gasteiger partial charge in [0.25, 0.3) is 5.91 Å². The number of nitrogens with one attached hydrogen (secondary N) is 2. The van der Waals surface area contributed by atoms with Crippen molar-refractivity contribution in [2.45, 2.75) is 20.3 Å². The monoisotopic (exact) mass is 396 g/mol. The molecule has 8 heteroatoms. The van der Waals surface area contributed by atoms with Crippen LogP contribution in [0, 0.1) is 6.92 Å².